The number of halogens is 1. The molecular formula is C14H15ClN2O2S. The van der Waals surface area contributed by atoms with Crippen molar-refractivity contribution < 1.29 is 8.42 Å². The van der Waals surface area contributed by atoms with Gasteiger partial charge in [0.2, 0.25) is 10.0 Å². The molecule has 0 aliphatic rings. The van der Waals surface area contributed by atoms with Crippen molar-refractivity contribution in [3.05, 3.63) is 65.2 Å². The summed E-state index contributed by atoms with van der Waals surface area (Å²) in [6, 6.07) is 14.9. The zero-order chi connectivity index (χ0) is 14.6. The second-order valence-corrected chi connectivity index (χ2v) is 6.53. The Kier molecular flexibility index (Phi) is 4.77. The molecule has 0 saturated heterocycles. The summed E-state index contributed by atoms with van der Waals surface area (Å²) in [6.07, 6.45) is 0. The first-order chi connectivity index (χ1) is 9.49. The molecule has 1 atom stereocenters. The monoisotopic (exact) mass is 310 g/mol. The van der Waals surface area contributed by atoms with Crippen LogP contribution in [0.5, 0.6) is 0 Å². The van der Waals surface area contributed by atoms with Gasteiger partial charge in [0.05, 0.1) is 4.90 Å². The molecule has 6 heteroatoms. The first kappa shape index (κ1) is 15.0. The topological polar surface area (TPSA) is 72.2 Å². The van der Waals surface area contributed by atoms with E-state index in [2.05, 4.69) is 4.72 Å². The normalized spacial score (nSPS) is 13.1. The molecule has 3 N–H and O–H groups in total. The van der Waals surface area contributed by atoms with Crippen molar-refractivity contribution in [1.82, 2.24) is 4.72 Å². The average molecular weight is 311 g/mol. The molecule has 0 bridgehead atoms. The lowest BCUT2D eigenvalue weighted by Gasteiger charge is -2.13. The van der Waals surface area contributed by atoms with Gasteiger partial charge in [-0.15, -0.1) is 0 Å². The Bertz CT molecular complexity index is 657. The third-order valence-electron chi connectivity index (χ3n) is 2.84. The molecule has 1 unspecified atom stereocenters. The van der Waals surface area contributed by atoms with E-state index < -0.39 is 16.1 Å². The molecule has 4 nitrogen and oxygen atoms in total. The lowest BCUT2D eigenvalue weighted by atomic mass is 10.1. The summed E-state index contributed by atoms with van der Waals surface area (Å²) in [6.45, 7) is 0.134. The first-order valence-electron chi connectivity index (χ1n) is 6.05. The Morgan fingerprint density at radius 1 is 1.05 bits per heavy atom. The van der Waals surface area contributed by atoms with Gasteiger partial charge in [0.1, 0.15) is 0 Å². The Morgan fingerprint density at radius 3 is 2.25 bits per heavy atom. The highest BCUT2D eigenvalue weighted by molar-refractivity contribution is 7.89. The summed E-state index contributed by atoms with van der Waals surface area (Å²) in [5, 5.41) is 0.491. The van der Waals surface area contributed by atoms with Gasteiger partial charge in [0, 0.05) is 17.6 Å². The molecule has 0 aliphatic carbocycles. The Labute approximate surface area is 123 Å². The van der Waals surface area contributed by atoms with Crippen LogP contribution in [-0.2, 0) is 10.0 Å². The predicted octanol–water partition coefficient (Wildman–Crippen LogP) is 2.32. The van der Waals surface area contributed by atoms with E-state index in [1.54, 1.807) is 0 Å². The van der Waals surface area contributed by atoms with E-state index >= 15 is 0 Å². The van der Waals surface area contributed by atoms with Crippen molar-refractivity contribution >= 4 is 21.6 Å². The van der Waals surface area contributed by atoms with Crippen LogP contribution in [-0.4, -0.2) is 15.0 Å². The van der Waals surface area contributed by atoms with Crippen LogP contribution in [0.2, 0.25) is 5.02 Å². The highest BCUT2D eigenvalue weighted by Gasteiger charge is 2.15. The maximum atomic E-state index is 12.1. The zero-order valence-corrected chi connectivity index (χ0v) is 12.2. The molecule has 0 spiro atoms. The summed E-state index contributed by atoms with van der Waals surface area (Å²) in [5.41, 5.74) is 6.84. The fourth-order valence-corrected chi connectivity index (χ4v) is 2.90. The third-order valence-corrected chi connectivity index (χ3v) is 4.54. The van der Waals surface area contributed by atoms with Crippen LogP contribution in [0.1, 0.15) is 11.6 Å². The van der Waals surface area contributed by atoms with E-state index in [1.165, 1.54) is 24.3 Å². The molecule has 0 radical (unpaired) electrons. The van der Waals surface area contributed by atoms with Crippen molar-refractivity contribution in [3.8, 4) is 0 Å². The van der Waals surface area contributed by atoms with Crippen LogP contribution in [0.4, 0.5) is 0 Å². The van der Waals surface area contributed by atoms with E-state index in [1.807, 2.05) is 30.3 Å². The van der Waals surface area contributed by atoms with Gasteiger partial charge in [-0.2, -0.15) is 0 Å². The Balaban J connectivity index is 2.04. The largest absolute Gasteiger partial charge is 0.323 e. The van der Waals surface area contributed by atoms with E-state index in [0.717, 1.165) is 5.56 Å². The van der Waals surface area contributed by atoms with E-state index in [9.17, 15) is 8.42 Å². The molecule has 0 heterocycles. The van der Waals surface area contributed by atoms with Crippen molar-refractivity contribution in [3.63, 3.8) is 0 Å². The predicted molar refractivity (Wildman–Crippen MR) is 80.0 cm³/mol. The quantitative estimate of drug-likeness (QED) is 0.890. The van der Waals surface area contributed by atoms with Crippen LogP contribution in [0, 0.1) is 0 Å². The van der Waals surface area contributed by atoms with Gasteiger partial charge in [0.25, 0.3) is 0 Å². The summed E-state index contributed by atoms with van der Waals surface area (Å²) in [4.78, 5) is 0.169. The second-order valence-electron chi connectivity index (χ2n) is 4.32. The van der Waals surface area contributed by atoms with Gasteiger partial charge < -0.3 is 5.73 Å². The molecule has 20 heavy (non-hydrogen) atoms. The summed E-state index contributed by atoms with van der Waals surface area (Å²) >= 11 is 5.73. The van der Waals surface area contributed by atoms with E-state index in [0.29, 0.717) is 5.02 Å². The number of nitrogens with two attached hydrogens (primary N) is 1. The fraction of sp³-hybridized carbons (Fsp3) is 0.143. The van der Waals surface area contributed by atoms with Gasteiger partial charge in [-0.1, -0.05) is 41.9 Å². The lowest BCUT2D eigenvalue weighted by Crippen LogP contribution is -2.31. The molecule has 0 aliphatic heterocycles. The van der Waals surface area contributed by atoms with Crippen molar-refractivity contribution in [2.75, 3.05) is 6.54 Å². The molecule has 106 valence electrons. The van der Waals surface area contributed by atoms with Gasteiger partial charge in [-0.3, -0.25) is 0 Å². The smallest absolute Gasteiger partial charge is 0.240 e. The summed E-state index contributed by atoms with van der Waals surface area (Å²) in [5.74, 6) is 0. The number of hydrogen-bond acceptors (Lipinski definition) is 3. The number of nitrogens with one attached hydrogen (secondary N) is 1. The van der Waals surface area contributed by atoms with Crippen LogP contribution >= 0.6 is 11.6 Å². The highest BCUT2D eigenvalue weighted by Crippen LogP contribution is 2.15. The SMILES string of the molecule is NC(CNS(=O)(=O)c1ccc(Cl)cc1)c1ccccc1. The average Bonchev–Trinajstić information content (AvgIpc) is 2.46. The Hall–Kier alpha value is -1.40. The minimum absolute atomic E-state index is 0.134. The first-order valence-corrected chi connectivity index (χ1v) is 7.91. The zero-order valence-electron chi connectivity index (χ0n) is 10.7. The third kappa shape index (κ3) is 3.80. The molecule has 2 aromatic rings. The lowest BCUT2D eigenvalue weighted by molar-refractivity contribution is 0.572. The van der Waals surface area contributed by atoms with Crippen LogP contribution in [0.15, 0.2) is 59.5 Å². The van der Waals surface area contributed by atoms with Gasteiger partial charge in [0.15, 0.2) is 0 Å². The fourth-order valence-electron chi connectivity index (χ4n) is 1.71. The molecule has 0 fully saturated rings. The molecular weight excluding hydrogens is 296 g/mol. The maximum Gasteiger partial charge on any atom is 0.240 e. The van der Waals surface area contributed by atoms with E-state index in [-0.39, 0.29) is 11.4 Å². The molecule has 0 amide bonds. The maximum absolute atomic E-state index is 12.1. The van der Waals surface area contributed by atoms with Gasteiger partial charge in [-0.05, 0) is 29.8 Å². The van der Waals surface area contributed by atoms with Crippen molar-refractivity contribution in [2.24, 2.45) is 5.73 Å². The Morgan fingerprint density at radius 2 is 1.65 bits per heavy atom. The molecule has 2 aromatic carbocycles. The van der Waals surface area contributed by atoms with Crippen molar-refractivity contribution in [2.45, 2.75) is 10.9 Å². The number of hydrogen-bond donors (Lipinski definition) is 2. The number of sulfonamides is 1. The summed E-state index contributed by atoms with van der Waals surface area (Å²) in [7, 11) is -3.57. The minimum atomic E-state index is -3.57. The number of rotatable bonds is 5. The summed E-state index contributed by atoms with van der Waals surface area (Å²) < 4.78 is 26.6. The van der Waals surface area contributed by atoms with Crippen LogP contribution in [0.3, 0.4) is 0 Å². The standard InChI is InChI=1S/C14H15ClN2O2S/c15-12-6-8-13(9-7-12)20(18,19)17-10-14(16)11-4-2-1-3-5-11/h1-9,14,17H,10,16H2. The van der Waals surface area contributed by atoms with E-state index in [4.69, 9.17) is 17.3 Å². The van der Waals surface area contributed by atoms with Gasteiger partial charge >= 0.3 is 0 Å². The molecule has 0 saturated carbocycles. The second kappa shape index (κ2) is 6.37. The van der Waals surface area contributed by atoms with Crippen molar-refractivity contribution in [1.29, 1.82) is 0 Å². The minimum Gasteiger partial charge on any atom is -0.323 e. The van der Waals surface area contributed by atoms with Crippen LogP contribution < -0.4 is 10.5 Å². The van der Waals surface area contributed by atoms with Crippen LogP contribution in [0.25, 0.3) is 0 Å². The van der Waals surface area contributed by atoms with Gasteiger partial charge in [-0.25, -0.2) is 13.1 Å². The molecule has 0 aromatic heterocycles. The highest BCUT2D eigenvalue weighted by atomic mass is 35.5. The molecule has 2 rings (SSSR count). The number of benzene rings is 2.